The van der Waals surface area contributed by atoms with Crippen molar-refractivity contribution in [3.8, 4) is 5.75 Å². The summed E-state index contributed by atoms with van der Waals surface area (Å²) < 4.78 is 5.58. The van der Waals surface area contributed by atoms with Crippen molar-refractivity contribution >= 4 is 0 Å². The van der Waals surface area contributed by atoms with Crippen LogP contribution in [0.25, 0.3) is 0 Å². The maximum Gasteiger partial charge on any atom is 0.122 e. The van der Waals surface area contributed by atoms with E-state index in [1.54, 1.807) is 0 Å². The first-order valence-electron chi connectivity index (χ1n) is 6.69. The highest BCUT2D eigenvalue weighted by molar-refractivity contribution is 5.38. The molecule has 1 fully saturated rings. The van der Waals surface area contributed by atoms with Gasteiger partial charge < -0.3 is 10.5 Å². The third-order valence-corrected chi connectivity index (χ3v) is 3.60. The van der Waals surface area contributed by atoms with Crippen LogP contribution in [0.1, 0.15) is 43.2 Å². The van der Waals surface area contributed by atoms with Crippen molar-refractivity contribution in [2.45, 2.75) is 39.0 Å². The molecule has 0 saturated heterocycles. The van der Waals surface area contributed by atoms with Crippen LogP contribution in [0.2, 0.25) is 0 Å². The summed E-state index contributed by atoms with van der Waals surface area (Å²) in [5.41, 5.74) is 8.41. The Morgan fingerprint density at radius 3 is 2.71 bits per heavy atom. The Morgan fingerprint density at radius 1 is 1.41 bits per heavy atom. The fourth-order valence-corrected chi connectivity index (χ4v) is 2.57. The fourth-order valence-electron chi connectivity index (χ4n) is 2.57. The van der Waals surface area contributed by atoms with E-state index in [1.807, 2.05) is 6.92 Å². The summed E-state index contributed by atoms with van der Waals surface area (Å²) in [7, 11) is 0. The van der Waals surface area contributed by atoms with Crippen LogP contribution >= 0.6 is 0 Å². The SMILES string of the molecule is CCOc1ccc(C(CCN)C2CC2)cc1C. The molecule has 1 unspecified atom stereocenters. The highest BCUT2D eigenvalue weighted by Gasteiger charge is 2.31. The molecule has 1 aromatic rings. The summed E-state index contributed by atoms with van der Waals surface area (Å²) in [4.78, 5) is 0. The lowest BCUT2D eigenvalue weighted by Crippen LogP contribution is -2.09. The second kappa shape index (κ2) is 5.54. The Balaban J connectivity index is 2.16. The van der Waals surface area contributed by atoms with Crippen molar-refractivity contribution in [1.82, 2.24) is 0 Å². The maximum absolute atomic E-state index is 5.72. The Labute approximate surface area is 104 Å². The minimum Gasteiger partial charge on any atom is -0.494 e. The van der Waals surface area contributed by atoms with Crippen molar-refractivity contribution in [2.75, 3.05) is 13.2 Å². The quantitative estimate of drug-likeness (QED) is 0.818. The van der Waals surface area contributed by atoms with E-state index in [0.717, 1.165) is 31.2 Å². The monoisotopic (exact) mass is 233 g/mol. The molecular formula is C15H23NO. The van der Waals surface area contributed by atoms with Crippen LogP contribution in [-0.2, 0) is 0 Å². The topological polar surface area (TPSA) is 35.2 Å². The van der Waals surface area contributed by atoms with Gasteiger partial charge in [-0.1, -0.05) is 12.1 Å². The van der Waals surface area contributed by atoms with Crippen molar-refractivity contribution in [3.05, 3.63) is 29.3 Å². The Morgan fingerprint density at radius 2 is 2.18 bits per heavy atom. The smallest absolute Gasteiger partial charge is 0.122 e. The van der Waals surface area contributed by atoms with Gasteiger partial charge in [0.25, 0.3) is 0 Å². The van der Waals surface area contributed by atoms with Crippen LogP contribution in [0, 0.1) is 12.8 Å². The molecule has 2 rings (SSSR count). The molecule has 2 heteroatoms. The molecule has 1 saturated carbocycles. The van der Waals surface area contributed by atoms with E-state index < -0.39 is 0 Å². The van der Waals surface area contributed by atoms with Gasteiger partial charge in [-0.3, -0.25) is 0 Å². The highest BCUT2D eigenvalue weighted by Crippen LogP contribution is 2.44. The Kier molecular flexibility index (Phi) is 4.06. The second-order valence-electron chi connectivity index (χ2n) is 4.98. The average molecular weight is 233 g/mol. The minimum atomic E-state index is 0.661. The van der Waals surface area contributed by atoms with E-state index in [4.69, 9.17) is 10.5 Å². The molecule has 94 valence electrons. The van der Waals surface area contributed by atoms with Crippen molar-refractivity contribution in [3.63, 3.8) is 0 Å². The Bertz CT molecular complexity index is 371. The van der Waals surface area contributed by atoms with Gasteiger partial charge in [-0.2, -0.15) is 0 Å². The lowest BCUT2D eigenvalue weighted by atomic mass is 9.90. The first-order chi connectivity index (χ1) is 8.26. The van der Waals surface area contributed by atoms with Gasteiger partial charge in [0.15, 0.2) is 0 Å². The normalized spacial score (nSPS) is 16.9. The molecule has 1 aromatic carbocycles. The van der Waals surface area contributed by atoms with E-state index in [2.05, 4.69) is 25.1 Å². The molecule has 2 N–H and O–H groups in total. The zero-order valence-electron chi connectivity index (χ0n) is 10.9. The second-order valence-corrected chi connectivity index (χ2v) is 4.98. The first kappa shape index (κ1) is 12.4. The standard InChI is InChI=1S/C15H23NO/c1-3-17-15-7-6-13(10-11(15)2)14(8-9-16)12-4-5-12/h6-7,10,12,14H,3-5,8-9,16H2,1-2H3. The number of aryl methyl sites for hydroxylation is 1. The van der Waals surface area contributed by atoms with Crippen molar-refractivity contribution in [1.29, 1.82) is 0 Å². The van der Waals surface area contributed by atoms with E-state index in [0.29, 0.717) is 5.92 Å². The average Bonchev–Trinajstić information content (AvgIpc) is 3.13. The lowest BCUT2D eigenvalue weighted by molar-refractivity contribution is 0.337. The molecule has 0 amide bonds. The van der Waals surface area contributed by atoms with Gasteiger partial charge in [-0.05, 0) is 68.7 Å². The van der Waals surface area contributed by atoms with Gasteiger partial charge >= 0.3 is 0 Å². The number of nitrogens with two attached hydrogens (primary N) is 1. The number of hydrogen-bond donors (Lipinski definition) is 1. The van der Waals surface area contributed by atoms with Crippen molar-refractivity contribution < 1.29 is 4.74 Å². The van der Waals surface area contributed by atoms with Crippen LogP contribution in [0.5, 0.6) is 5.75 Å². The molecule has 1 aliphatic rings. The number of ether oxygens (including phenoxy) is 1. The third kappa shape index (κ3) is 3.01. The predicted molar refractivity (Wildman–Crippen MR) is 71.5 cm³/mol. The zero-order chi connectivity index (χ0) is 12.3. The van der Waals surface area contributed by atoms with Gasteiger partial charge in [0.05, 0.1) is 6.61 Å². The first-order valence-corrected chi connectivity index (χ1v) is 6.69. The van der Waals surface area contributed by atoms with E-state index in [-0.39, 0.29) is 0 Å². The summed E-state index contributed by atoms with van der Waals surface area (Å²) in [6.45, 7) is 5.66. The van der Waals surface area contributed by atoms with E-state index >= 15 is 0 Å². The number of benzene rings is 1. The molecule has 0 spiro atoms. The Hall–Kier alpha value is -1.02. The van der Waals surface area contributed by atoms with E-state index in [9.17, 15) is 0 Å². The molecule has 1 atom stereocenters. The molecule has 17 heavy (non-hydrogen) atoms. The van der Waals surface area contributed by atoms with Crippen molar-refractivity contribution in [2.24, 2.45) is 11.7 Å². The minimum absolute atomic E-state index is 0.661. The van der Waals surface area contributed by atoms with Gasteiger partial charge in [0.1, 0.15) is 5.75 Å². The largest absolute Gasteiger partial charge is 0.494 e. The number of hydrogen-bond acceptors (Lipinski definition) is 2. The maximum atomic E-state index is 5.72. The lowest BCUT2D eigenvalue weighted by Gasteiger charge is -2.17. The van der Waals surface area contributed by atoms with Gasteiger partial charge in [-0.15, -0.1) is 0 Å². The molecular weight excluding hydrogens is 210 g/mol. The summed E-state index contributed by atoms with van der Waals surface area (Å²) in [5, 5.41) is 0. The summed E-state index contributed by atoms with van der Waals surface area (Å²) in [6, 6.07) is 6.61. The molecule has 0 bridgehead atoms. The zero-order valence-corrected chi connectivity index (χ0v) is 10.9. The van der Waals surface area contributed by atoms with Gasteiger partial charge in [0.2, 0.25) is 0 Å². The molecule has 1 aliphatic carbocycles. The summed E-state index contributed by atoms with van der Waals surface area (Å²) in [5.74, 6) is 2.55. The third-order valence-electron chi connectivity index (χ3n) is 3.60. The molecule has 0 heterocycles. The predicted octanol–water partition coefficient (Wildman–Crippen LogP) is 3.24. The molecule has 0 aliphatic heterocycles. The molecule has 0 aromatic heterocycles. The highest BCUT2D eigenvalue weighted by atomic mass is 16.5. The number of rotatable bonds is 6. The van der Waals surface area contributed by atoms with Crippen LogP contribution in [0.4, 0.5) is 0 Å². The summed E-state index contributed by atoms with van der Waals surface area (Å²) >= 11 is 0. The fraction of sp³-hybridized carbons (Fsp3) is 0.600. The molecule has 0 radical (unpaired) electrons. The van der Waals surface area contributed by atoms with Crippen LogP contribution in [0.15, 0.2) is 18.2 Å². The van der Waals surface area contributed by atoms with Gasteiger partial charge in [-0.25, -0.2) is 0 Å². The molecule has 2 nitrogen and oxygen atoms in total. The van der Waals surface area contributed by atoms with Crippen LogP contribution in [-0.4, -0.2) is 13.2 Å². The summed E-state index contributed by atoms with van der Waals surface area (Å²) in [6.07, 6.45) is 3.85. The van der Waals surface area contributed by atoms with Gasteiger partial charge in [0, 0.05) is 0 Å². The van der Waals surface area contributed by atoms with Crippen LogP contribution in [0.3, 0.4) is 0 Å². The van der Waals surface area contributed by atoms with Crippen LogP contribution < -0.4 is 10.5 Å². The van der Waals surface area contributed by atoms with E-state index in [1.165, 1.54) is 24.0 Å².